The van der Waals surface area contributed by atoms with E-state index in [4.69, 9.17) is 18.9 Å². The second kappa shape index (κ2) is 9.68. The van der Waals surface area contributed by atoms with Crippen molar-refractivity contribution < 1.29 is 18.7 Å². The minimum atomic E-state index is -0.248. The Labute approximate surface area is 201 Å². The van der Waals surface area contributed by atoms with Gasteiger partial charge in [-0.05, 0) is 48.0 Å². The molecule has 5 rings (SSSR count). The Morgan fingerprint density at radius 1 is 1.06 bits per heavy atom. The molecule has 4 aromatic heterocycles. The lowest BCUT2D eigenvalue weighted by Gasteiger charge is -2.11. The van der Waals surface area contributed by atoms with Gasteiger partial charge in [-0.25, -0.2) is 9.67 Å². The highest BCUT2D eigenvalue weighted by Crippen LogP contribution is 2.26. The van der Waals surface area contributed by atoms with E-state index < -0.39 is 0 Å². The Morgan fingerprint density at radius 2 is 1.89 bits per heavy atom. The van der Waals surface area contributed by atoms with E-state index in [1.54, 1.807) is 55.9 Å². The SMILES string of the molecule is COc1cc(CNC(=O)c2cc(-c3cccnc3)nc3c2cnn3Cc2ccco2)cc(OC)c1. The Hall–Kier alpha value is -4.66. The number of ether oxygens (including phenoxy) is 2. The predicted octanol–water partition coefficient (Wildman–Crippen LogP) is 4.08. The van der Waals surface area contributed by atoms with Crippen molar-refractivity contribution in [1.82, 2.24) is 25.1 Å². The van der Waals surface area contributed by atoms with E-state index in [1.807, 2.05) is 36.4 Å². The molecule has 0 saturated carbocycles. The van der Waals surface area contributed by atoms with Gasteiger partial charge in [-0.1, -0.05) is 0 Å². The molecular formula is C26H23N5O4. The second-order valence-corrected chi connectivity index (χ2v) is 7.82. The highest BCUT2D eigenvalue weighted by molar-refractivity contribution is 6.06. The van der Waals surface area contributed by atoms with Crippen molar-refractivity contribution in [2.45, 2.75) is 13.1 Å². The smallest absolute Gasteiger partial charge is 0.252 e. The van der Waals surface area contributed by atoms with Gasteiger partial charge in [0.05, 0.1) is 43.3 Å². The molecule has 0 radical (unpaired) electrons. The number of carbonyl (C=O) groups excluding carboxylic acids is 1. The Balaban J connectivity index is 1.51. The molecule has 1 amide bonds. The molecule has 9 nitrogen and oxygen atoms in total. The first-order chi connectivity index (χ1) is 17.1. The molecule has 0 fully saturated rings. The Morgan fingerprint density at radius 3 is 2.57 bits per heavy atom. The van der Waals surface area contributed by atoms with Gasteiger partial charge in [-0.3, -0.25) is 9.78 Å². The lowest BCUT2D eigenvalue weighted by atomic mass is 10.1. The maximum absolute atomic E-state index is 13.4. The van der Waals surface area contributed by atoms with Crippen LogP contribution < -0.4 is 14.8 Å². The van der Waals surface area contributed by atoms with Crippen LogP contribution in [0, 0.1) is 0 Å². The first-order valence-corrected chi connectivity index (χ1v) is 10.9. The van der Waals surface area contributed by atoms with Crippen LogP contribution in [0.15, 0.2) is 77.8 Å². The van der Waals surface area contributed by atoms with Crippen LogP contribution in [0.25, 0.3) is 22.3 Å². The summed E-state index contributed by atoms with van der Waals surface area (Å²) in [4.78, 5) is 22.4. The number of fused-ring (bicyclic) bond motifs is 1. The normalized spacial score (nSPS) is 10.9. The summed E-state index contributed by atoms with van der Waals surface area (Å²) in [6.07, 6.45) is 6.68. The van der Waals surface area contributed by atoms with Crippen LogP contribution in [-0.2, 0) is 13.1 Å². The third-order valence-electron chi connectivity index (χ3n) is 5.56. The van der Waals surface area contributed by atoms with Crippen molar-refractivity contribution in [3.8, 4) is 22.8 Å². The maximum atomic E-state index is 13.4. The number of hydrogen-bond acceptors (Lipinski definition) is 7. The van der Waals surface area contributed by atoms with Gasteiger partial charge in [0, 0.05) is 30.6 Å². The van der Waals surface area contributed by atoms with Crippen LogP contribution in [-0.4, -0.2) is 39.9 Å². The van der Waals surface area contributed by atoms with Gasteiger partial charge in [0.2, 0.25) is 0 Å². The molecule has 9 heteroatoms. The molecule has 0 aliphatic carbocycles. The number of furan rings is 1. The summed E-state index contributed by atoms with van der Waals surface area (Å²) >= 11 is 0. The van der Waals surface area contributed by atoms with Crippen LogP contribution in [0.2, 0.25) is 0 Å². The second-order valence-electron chi connectivity index (χ2n) is 7.82. The lowest BCUT2D eigenvalue weighted by molar-refractivity contribution is 0.0952. The average Bonchev–Trinajstić information content (AvgIpc) is 3.57. The van der Waals surface area contributed by atoms with Gasteiger partial charge in [0.25, 0.3) is 5.91 Å². The zero-order valence-corrected chi connectivity index (χ0v) is 19.3. The van der Waals surface area contributed by atoms with E-state index in [-0.39, 0.29) is 5.91 Å². The number of pyridine rings is 2. The van der Waals surface area contributed by atoms with E-state index in [0.717, 1.165) is 16.9 Å². The Kier molecular flexibility index (Phi) is 6.13. The number of nitrogens with zero attached hydrogens (tertiary/aromatic N) is 4. The summed E-state index contributed by atoms with van der Waals surface area (Å²) in [5.41, 5.74) is 3.32. The molecule has 35 heavy (non-hydrogen) atoms. The van der Waals surface area contributed by atoms with Gasteiger partial charge < -0.3 is 19.2 Å². The highest BCUT2D eigenvalue weighted by Gasteiger charge is 2.18. The van der Waals surface area contributed by atoms with Gasteiger partial charge in [0.1, 0.15) is 23.8 Å². The van der Waals surface area contributed by atoms with Gasteiger partial charge >= 0.3 is 0 Å². The molecule has 0 spiro atoms. The fourth-order valence-corrected chi connectivity index (χ4v) is 3.81. The molecule has 4 heterocycles. The zero-order valence-electron chi connectivity index (χ0n) is 19.3. The maximum Gasteiger partial charge on any atom is 0.252 e. The van der Waals surface area contributed by atoms with Crippen LogP contribution in [0.3, 0.4) is 0 Å². The predicted molar refractivity (Wildman–Crippen MR) is 129 cm³/mol. The van der Waals surface area contributed by atoms with Crippen molar-refractivity contribution in [3.05, 3.63) is 90.3 Å². The number of carbonyl (C=O) groups is 1. The van der Waals surface area contributed by atoms with Crippen LogP contribution in [0.1, 0.15) is 21.7 Å². The quantitative estimate of drug-likeness (QED) is 0.365. The van der Waals surface area contributed by atoms with Crippen molar-refractivity contribution in [3.63, 3.8) is 0 Å². The summed E-state index contributed by atoms with van der Waals surface area (Å²) < 4.78 is 17.9. The van der Waals surface area contributed by atoms with Crippen LogP contribution in [0.5, 0.6) is 11.5 Å². The van der Waals surface area contributed by atoms with Gasteiger partial charge in [-0.15, -0.1) is 0 Å². The van der Waals surface area contributed by atoms with E-state index in [9.17, 15) is 4.79 Å². The van der Waals surface area contributed by atoms with Crippen molar-refractivity contribution in [2.24, 2.45) is 0 Å². The minimum absolute atomic E-state index is 0.248. The van der Waals surface area contributed by atoms with E-state index in [1.165, 1.54) is 0 Å². The molecule has 5 aromatic rings. The van der Waals surface area contributed by atoms with Crippen molar-refractivity contribution in [2.75, 3.05) is 14.2 Å². The third-order valence-corrected chi connectivity index (χ3v) is 5.56. The topological polar surface area (TPSA) is 104 Å². The number of rotatable bonds is 8. The summed E-state index contributed by atoms with van der Waals surface area (Å²) in [6.45, 7) is 0.684. The lowest BCUT2D eigenvalue weighted by Crippen LogP contribution is -2.23. The number of amides is 1. The monoisotopic (exact) mass is 469 g/mol. The van der Waals surface area contributed by atoms with E-state index >= 15 is 0 Å². The van der Waals surface area contributed by atoms with Gasteiger partial charge in [0.15, 0.2) is 5.65 Å². The fourth-order valence-electron chi connectivity index (χ4n) is 3.81. The summed E-state index contributed by atoms with van der Waals surface area (Å²) in [6, 6.07) is 14.7. The molecule has 1 N–H and O–H groups in total. The zero-order chi connectivity index (χ0) is 24.2. The molecule has 0 atom stereocenters. The molecule has 1 aromatic carbocycles. The summed E-state index contributed by atoms with van der Waals surface area (Å²) in [5.74, 6) is 1.79. The van der Waals surface area contributed by atoms with Gasteiger partial charge in [-0.2, -0.15) is 5.10 Å². The minimum Gasteiger partial charge on any atom is -0.497 e. The third kappa shape index (κ3) is 4.70. The Bertz CT molecular complexity index is 1440. The molecular weight excluding hydrogens is 446 g/mol. The number of hydrogen-bond donors (Lipinski definition) is 1. The number of benzene rings is 1. The fraction of sp³-hybridized carbons (Fsp3) is 0.154. The van der Waals surface area contributed by atoms with Crippen LogP contribution >= 0.6 is 0 Å². The highest BCUT2D eigenvalue weighted by atomic mass is 16.5. The largest absolute Gasteiger partial charge is 0.497 e. The van der Waals surface area contributed by atoms with Crippen LogP contribution in [0.4, 0.5) is 0 Å². The molecule has 0 unspecified atom stereocenters. The van der Waals surface area contributed by atoms with Crippen molar-refractivity contribution >= 4 is 16.9 Å². The van der Waals surface area contributed by atoms with E-state index in [2.05, 4.69) is 15.4 Å². The van der Waals surface area contributed by atoms with Crippen molar-refractivity contribution in [1.29, 1.82) is 0 Å². The molecule has 0 saturated heterocycles. The molecule has 0 bridgehead atoms. The number of aromatic nitrogens is 4. The molecule has 0 aliphatic rings. The first kappa shape index (κ1) is 22.1. The van der Waals surface area contributed by atoms with E-state index in [0.29, 0.717) is 46.9 Å². The standard InChI is InChI=1S/C26H23N5O4/c1-33-20-9-17(10-21(11-20)34-2)13-28-26(32)22-12-24(18-5-3-7-27-14-18)30-25-23(22)15-29-31(25)16-19-6-4-8-35-19/h3-12,14-15H,13,16H2,1-2H3,(H,28,32). The number of nitrogens with one attached hydrogen (secondary N) is 1. The molecule has 176 valence electrons. The number of methoxy groups -OCH3 is 2. The first-order valence-electron chi connectivity index (χ1n) is 10.9. The summed E-state index contributed by atoms with van der Waals surface area (Å²) in [7, 11) is 3.18. The molecule has 0 aliphatic heterocycles. The summed E-state index contributed by atoms with van der Waals surface area (Å²) in [5, 5.41) is 8.12. The average molecular weight is 470 g/mol.